The van der Waals surface area contributed by atoms with Crippen molar-refractivity contribution in [2.24, 2.45) is 0 Å². The van der Waals surface area contributed by atoms with Gasteiger partial charge in [0.1, 0.15) is 5.82 Å². The lowest BCUT2D eigenvalue weighted by Crippen LogP contribution is -2.32. The summed E-state index contributed by atoms with van der Waals surface area (Å²) in [7, 11) is 1.99. The van der Waals surface area contributed by atoms with Gasteiger partial charge in [-0.05, 0) is 45.3 Å². The van der Waals surface area contributed by atoms with Gasteiger partial charge in [0.2, 0.25) is 0 Å². The highest BCUT2D eigenvalue weighted by Gasteiger charge is 2.19. The minimum Gasteiger partial charge on any atom is -0.349 e. The molecule has 2 aromatic heterocycles. The number of pyridine rings is 1. The fourth-order valence-electron chi connectivity index (χ4n) is 2.22. The average molecular weight is 289 g/mol. The van der Waals surface area contributed by atoms with Gasteiger partial charge in [0.05, 0.1) is 6.54 Å². The van der Waals surface area contributed by atoms with E-state index in [1.165, 1.54) is 10.4 Å². The highest BCUT2D eigenvalue weighted by Crippen LogP contribution is 2.27. The molecule has 0 aliphatic heterocycles. The third-order valence-corrected chi connectivity index (χ3v) is 4.38. The highest BCUT2D eigenvalue weighted by atomic mass is 32.1. The molecular formula is C16H23N3S. The summed E-state index contributed by atoms with van der Waals surface area (Å²) in [6, 6.07) is 9.17. The minimum atomic E-state index is 0.295. The maximum atomic E-state index is 4.64. The summed E-state index contributed by atoms with van der Waals surface area (Å²) < 4.78 is 0. The van der Waals surface area contributed by atoms with Crippen LogP contribution in [0.4, 0.5) is 5.82 Å². The molecule has 0 saturated carbocycles. The SMILES string of the molecule is CNC(C)c1cccnc1N(Cc1cccs1)C(C)C. The Labute approximate surface area is 125 Å². The summed E-state index contributed by atoms with van der Waals surface area (Å²) in [5.74, 6) is 1.08. The van der Waals surface area contributed by atoms with Gasteiger partial charge in [-0.25, -0.2) is 4.98 Å². The number of hydrogen-bond donors (Lipinski definition) is 1. The van der Waals surface area contributed by atoms with Gasteiger partial charge in [-0.15, -0.1) is 11.3 Å². The van der Waals surface area contributed by atoms with Gasteiger partial charge in [0, 0.05) is 28.7 Å². The van der Waals surface area contributed by atoms with Gasteiger partial charge in [-0.1, -0.05) is 12.1 Å². The van der Waals surface area contributed by atoms with Crippen LogP contribution in [0.2, 0.25) is 0 Å². The third kappa shape index (κ3) is 3.38. The van der Waals surface area contributed by atoms with Crippen LogP contribution in [-0.2, 0) is 6.54 Å². The Kier molecular flexibility index (Phi) is 5.15. The first kappa shape index (κ1) is 15.0. The second kappa shape index (κ2) is 6.86. The van der Waals surface area contributed by atoms with E-state index in [2.05, 4.69) is 59.6 Å². The van der Waals surface area contributed by atoms with Crippen molar-refractivity contribution in [3.8, 4) is 0 Å². The Bertz CT molecular complexity index is 522. The first-order valence-corrected chi connectivity index (χ1v) is 7.92. The smallest absolute Gasteiger partial charge is 0.133 e. The van der Waals surface area contributed by atoms with Crippen molar-refractivity contribution in [3.05, 3.63) is 46.3 Å². The number of anilines is 1. The summed E-state index contributed by atoms with van der Waals surface area (Å²) in [4.78, 5) is 8.38. The van der Waals surface area contributed by atoms with Crippen molar-refractivity contribution in [1.29, 1.82) is 0 Å². The van der Waals surface area contributed by atoms with Crippen LogP contribution >= 0.6 is 11.3 Å². The van der Waals surface area contributed by atoms with E-state index in [-0.39, 0.29) is 0 Å². The first-order valence-electron chi connectivity index (χ1n) is 7.04. The van der Waals surface area contributed by atoms with Gasteiger partial charge < -0.3 is 10.2 Å². The molecule has 0 saturated heterocycles. The van der Waals surface area contributed by atoms with Crippen molar-refractivity contribution < 1.29 is 0 Å². The average Bonchev–Trinajstić information content (AvgIpc) is 2.96. The Balaban J connectivity index is 2.34. The quantitative estimate of drug-likeness (QED) is 0.876. The predicted molar refractivity (Wildman–Crippen MR) is 87.3 cm³/mol. The molecule has 0 aliphatic carbocycles. The fraction of sp³-hybridized carbons (Fsp3) is 0.438. The van der Waals surface area contributed by atoms with E-state index in [1.54, 1.807) is 11.3 Å². The van der Waals surface area contributed by atoms with Crippen molar-refractivity contribution in [3.63, 3.8) is 0 Å². The molecule has 108 valence electrons. The van der Waals surface area contributed by atoms with Crippen LogP contribution in [0.1, 0.15) is 37.3 Å². The minimum absolute atomic E-state index is 0.295. The Morgan fingerprint density at radius 3 is 2.65 bits per heavy atom. The molecule has 0 fully saturated rings. The molecule has 1 atom stereocenters. The maximum Gasteiger partial charge on any atom is 0.133 e. The van der Waals surface area contributed by atoms with E-state index in [1.807, 2.05) is 19.3 Å². The van der Waals surface area contributed by atoms with Crippen LogP contribution in [0.3, 0.4) is 0 Å². The fourth-order valence-corrected chi connectivity index (χ4v) is 2.92. The van der Waals surface area contributed by atoms with E-state index < -0.39 is 0 Å². The topological polar surface area (TPSA) is 28.2 Å². The summed E-state index contributed by atoms with van der Waals surface area (Å²) in [5, 5.41) is 5.44. The summed E-state index contributed by atoms with van der Waals surface area (Å²) in [5.41, 5.74) is 1.25. The van der Waals surface area contributed by atoms with Gasteiger partial charge >= 0.3 is 0 Å². The second-order valence-corrected chi connectivity index (χ2v) is 6.26. The van der Waals surface area contributed by atoms with E-state index in [9.17, 15) is 0 Å². The van der Waals surface area contributed by atoms with Crippen LogP contribution in [0.5, 0.6) is 0 Å². The molecule has 4 heteroatoms. The molecule has 0 radical (unpaired) electrons. The summed E-state index contributed by atoms with van der Waals surface area (Å²) in [6.45, 7) is 7.52. The molecule has 2 heterocycles. The van der Waals surface area contributed by atoms with Crippen molar-refractivity contribution in [1.82, 2.24) is 10.3 Å². The van der Waals surface area contributed by atoms with Gasteiger partial charge in [-0.2, -0.15) is 0 Å². The largest absolute Gasteiger partial charge is 0.349 e. The molecule has 0 aromatic carbocycles. The Morgan fingerprint density at radius 1 is 1.25 bits per heavy atom. The molecule has 2 rings (SSSR count). The Hall–Kier alpha value is -1.39. The summed E-state index contributed by atoms with van der Waals surface area (Å²) >= 11 is 1.80. The van der Waals surface area contributed by atoms with Crippen molar-refractivity contribution >= 4 is 17.2 Å². The normalized spacial score (nSPS) is 12.7. The lowest BCUT2D eigenvalue weighted by atomic mass is 10.1. The molecule has 20 heavy (non-hydrogen) atoms. The van der Waals surface area contributed by atoms with Gasteiger partial charge in [0.15, 0.2) is 0 Å². The number of thiophene rings is 1. The van der Waals surface area contributed by atoms with Gasteiger partial charge in [0.25, 0.3) is 0 Å². The molecule has 2 aromatic rings. The van der Waals surface area contributed by atoms with Crippen molar-refractivity contribution in [2.75, 3.05) is 11.9 Å². The lowest BCUT2D eigenvalue weighted by Gasteiger charge is -2.30. The zero-order valence-corrected chi connectivity index (χ0v) is 13.4. The molecule has 1 unspecified atom stereocenters. The van der Waals surface area contributed by atoms with E-state index in [4.69, 9.17) is 0 Å². The predicted octanol–water partition coefficient (Wildman–Crippen LogP) is 3.84. The standard InChI is InChI=1S/C16H23N3S/c1-12(2)19(11-14-7-6-10-20-14)16-15(13(3)17-4)8-5-9-18-16/h5-10,12-13,17H,11H2,1-4H3. The molecule has 0 spiro atoms. The highest BCUT2D eigenvalue weighted by molar-refractivity contribution is 7.09. The lowest BCUT2D eigenvalue weighted by molar-refractivity contribution is 0.625. The molecule has 0 aliphatic rings. The van der Waals surface area contributed by atoms with Crippen LogP contribution in [-0.4, -0.2) is 18.1 Å². The molecular weight excluding hydrogens is 266 g/mol. The number of nitrogens with one attached hydrogen (secondary N) is 1. The molecule has 3 nitrogen and oxygen atoms in total. The van der Waals surface area contributed by atoms with Crippen LogP contribution < -0.4 is 10.2 Å². The third-order valence-electron chi connectivity index (χ3n) is 3.52. The molecule has 1 N–H and O–H groups in total. The number of hydrogen-bond acceptors (Lipinski definition) is 4. The van der Waals surface area contributed by atoms with Crippen molar-refractivity contribution in [2.45, 2.75) is 39.4 Å². The van der Waals surface area contributed by atoms with Crippen LogP contribution in [0.15, 0.2) is 35.8 Å². The zero-order chi connectivity index (χ0) is 14.5. The van der Waals surface area contributed by atoms with Gasteiger partial charge in [-0.3, -0.25) is 0 Å². The van der Waals surface area contributed by atoms with E-state index >= 15 is 0 Å². The number of rotatable bonds is 6. The van der Waals surface area contributed by atoms with Crippen LogP contribution in [0, 0.1) is 0 Å². The van der Waals surface area contributed by atoms with E-state index in [0.29, 0.717) is 12.1 Å². The first-order chi connectivity index (χ1) is 9.63. The Morgan fingerprint density at radius 2 is 2.05 bits per heavy atom. The molecule has 0 bridgehead atoms. The number of nitrogens with zero attached hydrogens (tertiary/aromatic N) is 2. The second-order valence-electron chi connectivity index (χ2n) is 5.23. The maximum absolute atomic E-state index is 4.64. The van der Waals surface area contributed by atoms with E-state index in [0.717, 1.165) is 12.4 Å². The monoisotopic (exact) mass is 289 g/mol. The summed E-state index contributed by atoms with van der Waals surface area (Å²) in [6.07, 6.45) is 1.88. The molecule has 0 amide bonds. The zero-order valence-electron chi connectivity index (χ0n) is 12.6. The number of aromatic nitrogens is 1. The van der Waals surface area contributed by atoms with Crippen LogP contribution in [0.25, 0.3) is 0 Å².